The average molecular weight is 259 g/mol. The summed E-state index contributed by atoms with van der Waals surface area (Å²) in [5, 5.41) is 12.4. The SMILES string of the molecule is CCCCC(CC)COCC(CCO)NCCC. The second-order valence-electron chi connectivity index (χ2n) is 5.12. The second kappa shape index (κ2) is 13.3. The van der Waals surface area contributed by atoms with E-state index in [-0.39, 0.29) is 6.61 Å². The maximum Gasteiger partial charge on any atom is 0.0620 e. The monoisotopic (exact) mass is 259 g/mol. The van der Waals surface area contributed by atoms with Crippen LogP contribution in [0.4, 0.5) is 0 Å². The molecule has 18 heavy (non-hydrogen) atoms. The average Bonchev–Trinajstić information content (AvgIpc) is 2.39. The van der Waals surface area contributed by atoms with E-state index in [4.69, 9.17) is 9.84 Å². The van der Waals surface area contributed by atoms with E-state index >= 15 is 0 Å². The largest absolute Gasteiger partial charge is 0.396 e. The zero-order chi connectivity index (χ0) is 13.6. The third-order valence-electron chi connectivity index (χ3n) is 3.38. The van der Waals surface area contributed by atoms with Crippen molar-refractivity contribution < 1.29 is 9.84 Å². The summed E-state index contributed by atoms with van der Waals surface area (Å²) in [5.41, 5.74) is 0. The van der Waals surface area contributed by atoms with E-state index in [1.54, 1.807) is 0 Å². The van der Waals surface area contributed by atoms with Gasteiger partial charge in [0.25, 0.3) is 0 Å². The van der Waals surface area contributed by atoms with Gasteiger partial charge >= 0.3 is 0 Å². The van der Waals surface area contributed by atoms with Gasteiger partial charge < -0.3 is 15.2 Å². The van der Waals surface area contributed by atoms with Crippen molar-refractivity contribution >= 4 is 0 Å². The molecular formula is C15H33NO2. The number of rotatable bonds is 13. The van der Waals surface area contributed by atoms with Gasteiger partial charge in [-0.15, -0.1) is 0 Å². The van der Waals surface area contributed by atoms with Crippen molar-refractivity contribution in [3.05, 3.63) is 0 Å². The summed E-state index contributed by atoms with van der Waals surface area (Å²) in [5.74, 6) is 0.700. The molecule has 0 aliphatic rings. The summed E-state index contributed by atoms with van der Waals surface area (Å²) >= 11 is 0. The maximum atomic E-state index is 9.01. The first kappa shape index (κ1) is 17.9. The highest BCUT2D eigenvalue weighted by molar-refractivity contribution is 4.66. The number of nitrogens with one attached hydrogen (secondary N) is 1. The molecule has 0 spiro atoms. The molecule has 0 bridgehead atoms. The van der Waals surface area contributed by atoms with Gasteiger partial charge in [0.1, 0.15) is 0 Å². The van der Waals surface area contributed by atoms with Gasteiger partial charge in [-0.1, -0.05) is 40.0 Å². The van der Waals surface area contributed by atoms with Crippen LogP contribution >= 0.6 is 0 Å². The molecule has 0 aromatic heterocycles. The second-order valence-corrected chi connectivity index (χ2v) is 5.12. The highest BCUT2D eigenvalue weighted by Crippen LogP contribution is 2.13. The van der Waals surface area contributed by atoms with Gasteiger partial charge in [-0.3, -0.25) is 0 Å². The van der Waals surface area contributed by atoms with Crippen LogP contribution in [0, 0.1) is 5.92 Å². The topological polar surface area (TPSA) is 41.5 Å². The molecule has 0 rings (SSSR count). The zero-order valence-electron chi connectivity index (χ0n) is 12.6. The normalized spacial score (nSPS) is 14.7. The van der Waals surface area contributed by atoms with Gasteiger partial charge in [-0.25, -0.2) is 0 Å². The molecule has 3 heteroatoms. The van der Waals surface area contributed by atoms with Crippen LogP contribution in [-0.2, 0) is 4.74 Å². The van der Waals surface area contributed by atoms with Gasteiger partial charge in [0.05, 0.1) is 6.61 Å². The van der Waals surface area contributed by atoms with Gasteiger partial charge in [0.15, 0.2) is 0 Å². The Morgan fingerprint density at radius 1 is 1.06 bits per heavy atom. The van der Waals surface area contributed by atoms with Crippen molar-refractivity contribution in [2.75, 3.05) is 26.4 Å². The lowest BCUT2D eigenvalue weighted by atomic mass is 10.0. The van der Waals surface area contributed by atoms with Crippen molar-refractivity contribution in [2.45, 2.75) is 65.3 Å². The number of aliphatic hydroxyl groups excluding tert-OH is 1. The van der Waals surface area contributed by atoms with Crippen LogP contribution in [-0.4, -0.2) is 37.5 Å². The summed E-state index contributed by atoms with van der Waals surface area (Å²) in [7, 11) is 0. The molecule has 0 fully saturated rings. The number of unbranched alkanes of at least 4 members (excludes halogenated alkanes) is 1. The first-order valence-electron chi connectivity index (χ1n) is 7.70. The number of ether oxygens (including phenoxy) is 1. The fourth-order valence-electron chi connectivity index (χ4n) is 2.02. The Labute approximate surface area is 113 Å². The van der Waals surface area contributed by atoms with E-state index in [2.05, 4.69) is 26.1 Å². The molecule has 2 N–H and O–H groups in total. The Bertz CT molecular complexity index is 165. The zero-order valence-corrected chi connectivity index (χ0v) is 12.6. The molecule has 0 aliphatic heterocycles. The van der Waals surface area contributed by atoms with Gasteiger partial charge in [-0.05, 0) is 31.7 Å². The van der Waals surface area contributed by atoms with Crippen molar-refractivity contribution in [3.8, 4) is 0 Å². The molecule has 0 aromatic rings. The van der Waals surface area contributed by atoms with E-state index in [9.17, 15) is 0 Å². The summed E-state index contributed by atoms with van der Waals surface area (Å²) < 4.78 is 5.82. The minimum absolute atomic E-state index is 0.234. The first-order chi connectivity index (χ1) is 8.78. The number of hydrogen-bond acceptors (Lipinski definition) is 3. The van der Waals surface area contributed by atoms with Gasteiger partial charge in [0.2, 0.25) is 0 Å². The fourth-order valence-corrected chi connectivity index (χ4v) is 2.02. The van der Waals surface area contributed by atoms with E-state index in [1.165, 1.54) is 25.7 Å². The number of hydrogen-bond donors (Lipinski definition) is 2. The minimum atomic E-state index is 0.234. The molecular weight excluding hydrogens is 226 g/mol. The van der Waals surface area contributed by atoms with Crippen LogP contribution in [0.25, 0.3) is 0 Å². The van der Waals surface area contributed by atoms with Crippen LogP contribution < -0.4 is 5.32 Å². The predicted octanol–water partition coefficient (Wildman–Crippen LogP) is 2.97. The van der Waals surface area contributed by atoms with Crippen LogP contribution in [0.15, 0.2) is 0 Å². The molecule has 2 unspecified atom stereocenters. The Morgan fingerprint density at radius 3 is 2.39 bits per heavy atom. The van der Waals surface area contributed by atoms with Crippen molar-refractivity contribution in [1.29, 1.82) is 0 Å². The van der Waals surface area contributed by atoms with Crippen molar-refractivity contribution in [1.82, 2.24) is 5.32 Å². The van der Waals surface area contributed by atoms with Crippen molar-refractivity contribution in [3.63, 3.8) is 0 Å². The van der Waals surface area contributed by atoms with Crippen LogP contribution in [0.5, 0.6) is 0 Å². The van der Waals surface area contributed by atoms with Gasteiger partial charge in [-0.2, -0.15) is 0 Å². The summed E-state index contributed by atoms with van der Waals surface area (Å²) in [6, 6.07) is 0.304. The lowest BCUT2D eigenvalue weighted by Gasteiger charge is -2.20. The van der Waals surface area contributed by atoms with E-state index < -0.39 is 0 Å². The highest BCUT2D eigenvalue weighted by Gasteiger charge is 2.10. The molecule has 0 radical (unpaired) electrons. The Morgan fingerprint density at radius 2 is 1.83 bits per heavy atom. The molecule has 2 atom stereocenters. The highest BCUT2D eigenvalue weighted by atomic mass is 16.5. The molecule has 0 aliphatic carbocycles. The molecule has 0 saturated heterocycles. The van der Waals surface area contributed by atoms with E-state index in [1.807, 2.05) is 0 Å². The third kappa shape index (κ3) is 9.86. The Kier molecular flexibility index (Phi) is 13.2. The maximum absolute atomic E-state index is 9.01. The van der Waals surface area contributed by atoms with E-state index in [0.717, 1.165) is 32.6 Å². The van der Waals surface area contributed by atoms with Crippen molar-refractivity contribution in [2.24, 2.45) is 5.92 Å². The molecule has 3 nitrogen and oxygen atoms in total. The quantitative estimate of drug-likeness (QED) is 0.534. The molecule has 0 amide bonds. The van der Waals surface area contributed by atoms with Crippen LogP contribution in [0.1, 0.15) is 59.3 Å². The molecule has 110 valence electrons. The predicted molar refractivity (Wildman–Crippen MR) is 77.9 cm³/mol. The minimum Gasteiger partial charge on any atom is -0.396 e. The lowest BCUT2D eigenvalue weighted by Crippen LogP contribution is -2.35. The summed E-state index contributed by atoms with van der Waals surface area (Å²) in [6.07, 6.45) is 6.95. The first-order valence-corrected chi connectivity index (χ1v) is 7.70. The van der Waals surface area contributed by atoms with Gasteiger partial charge in [0, 0.05) is 19.3 Å². The van der Waals surface area contributed by atoms with Crippen LogP contribution in [0.3, 0.4) is 0 Å². The van der Waals surface area contributed by atoms with Crippen LogP contribution in [0.2, 0.25) is 0 Å². The molecule has 0 saturated carbocycles. The smallest absolute Gasteiger partial charge is 0.0620 e. The fraction of sp³-hybridized carbons (Fsp3) is 1.00. The molecule has 0 aromatic carbocycles. The summed E-state index contributed by atoms with van der Waals surface area (Å²) in [4.78, 5) is 0. The van der Waals surface area contributed by atoms with E-state index in [0.29, 0.717) is 12.0 Å². The Hall–Kier alpha value is -0.120. The Balaban J connectivity index is 3.73. The number of aliphatic hydroxyl groups is 1. The standard InChI is InChI=1S/C15H33NO2/c1-4-7-8-14(6-3)12-18-13-15(9-11-17)16-10-5-2/h14-17H,4-13H2,1-3H3. The third-order valence-corrected chi connectivity index (χ3v) is 3.38. The molecule has 0 heterocycles. The lowest BCUT2D eigenvalue weighted by molar-refractivity contribution is 0.0706. The summed E-state index contributed by atoms with van der Waals surface area (Å²) in [6.45, 7) is 9.46.